The number of aromatic nitrogens is 1. The van der Waals surface area contributed by atoms with Crippen LogP contribution in [0.2, 0.25) is 0 Å². The van der Waals surface area contributed by atoms with Crippen molar-refractivity contribution in [2.24, 2.45) is 4.99 Å². The van der Waals surface area contributed by atoms with Gasteiger partial charge in [-0.15, -0.1) is 0 Å². The SMILES string of the molecule is COC1(C(=O)O)C=C(C)N=C(c2cccnc2)C1. The second-order valence-electron chi connectivity index (χ2n) is 4.16. The lowest BCUT2D eigenvalue weighted by atomic mass is 9.90. The first-order valence-corrected chi connectivity index (χ1v) is 5.53. The van der Waals surface area contributed by atoms with Gasteiger partial charge in [0.15, 0.2) is 5.60 Å². The third-order valence-electron chi connectivity index (χ3n) is 2.90. The van der Waals surface area contributed by atoms with Crippen LogP contribution in [0, 0.1) is 0 Å². The summed E-state index contributed by atoms with van der Waals surface area (Å²) in [6.45, 7) is 1.76. The molecule has 2 rings (SSSR count). The molecule has 1 aliphatic heterocycles. The second kappa shape index (κ2) is 4.70. The molecule has 0 aliphatic carbocycles. The van der Waals surface area contributed by atoms with Crippen LogP contribution in [-0.2, 0) is 9.53 Å². The fourth-order valence-corrected chi connectivity index (χ4v) is 1.98. The topological polar surface area (TPSA) is 71.8 Å². The van der Waals surface area contributed by atoms with E-state index in [1.807, 2.05) is 6.07 Å². The fraction of sp³-hybridized carbons (Fsp3) is 0.308. The van der Waals surface area contributed by atoms with Gasteiger partial charge in [0.25, 0.3) is 0 Å². The Kier molecular flexibility index (Phi) is 3.25. The van der Waals surface area contributed by atoms with Gasteiger partial charge in [0, 0.05) is 37.2 Å². The number of aliphatic imine (C=N–C) groups is 1. The van der Waals surface area contributed by atoms with E-state index in [1.165, 1.54) is 13.2 Å². The van der Waals surface area contributed by atoms with E-state index in [0.29, 0.717) is 11.4 Å². The monoisotopic (exact) mass is 246 g/mol. The molecule has 1 unspecified atom stereocenters. The lowest BCUT2D eigenvalue weighted by molar-refractivity contribution is -0.155. The largest absolute Gasteiger partial charge is 0.479 e. The quantitative estimate of drug-likeness (QED) is 0.880. The van der Waals surface area contributed by atoms with Crippen LogP contribution in [0.3, 0.4) is 0 Å². The van der Waals surface area contributed by atoms with E-state index in [1.54, 1.807) is 25.4 Å². The highest BCUT2D eigenvalue weighted by Gasteiger charge is 2.40. The highest BCUT2D eigenvalue weighted by molar-refractivity contribution is 6.05. The number of carboxylic acids is 1. The van der Waals surface area contributed by atoms with Gasteiger partial charge in [0.05, 0.1) is 5.71 Å². The molecule has 0 saturated carbocycles. The van der Waals surface area contributed by atoms with Crippen molar-refractivity contribution in [3.05, 3.63) is 41.9 Å². The molecular weight excluding hydrogens is 232 g/mol. The van der Waals surface area contributed by atoms with E-state index in [0.717, 1.165) is 5.56 Å². The number of aliphatic carboxylic acids is 1. The fourth-order valence-electron chi connectivity index (χ4n) is 1.98. The summed E-state index contributed by atoms with van der Waals surface area (Å²) in [4.78, 5) is 19.8. The van der Waals surface area contributed by atoms with E-state index in [9.17, 15) is 9.90 Å². The summed E-state index contributed by atoms with van der Waals surface area (Å²) in [7, 11) is 1.39. The van der Waals surface area contributed by atoms with Crippen molar-refractivity contribution in [3.63, 3.8) is 0 Å². The van der Waals surface area contributed by atoms with Crippen LogP contribution < -0.4 is 0 Å². The number of hydrogen-bond donors (Lipinski definition) is 1. The van der Waals surface area contributed by atoms with Gasteiger partial charge in [-0.2, -0.15) is 0 Å². The molecule has 1 aromatic heterocycles. The molecule has 1 N–H and O–H groups in total. The Morgan fingerprint density at radius 3 is 2.89 bits per heavy atom. The van der Waals surface area contributed by atoms with Crippen molar-refractivity contribution < 1.29 is 14.6 Å². The minimum atomic E-state index is -1.34. The average molecular weight is 246 g/mol. The van der Waals surface area contributed by atoms with Crippen molar-refractivity contribution >= 4 is 11.7 Å². The summed E-state index contributed by atoms with van der Waals surface area (Å²) in [6, 6.07) is 3.65. The summed E-state index contributed by atoms with van der Waals surface area (Å²) < 4.78 is 5.19. The standard InChI is InChI=1S/C13H14N2O3/c1-9-6-13(18-2,12(16)17)7-11(15-9)10-4-3-5-14-8-10/h3-6,8H,7H2,1-2H3,(H,16,17). The summed E-state index contributed by atoms with van der Waals surface area (Å²) in [5, 5.41) is 9.33. The van der Waals surface area contributed by atoms with Gasteiger partial charge in [-0.1, -0.05) is 6.07 Å². The zero-order valence-corrected chi connectivity index (χ0v) is 10.3. The van der Waals surface area contributed by atoms with Crippen LogP contribution in [-0.4, -0.2) is 34.5 Å². The van der Waals surface area contributed by atoms with E-state index in [2.05, 4.69) is 9.98 Å². The van der Waals surface area contributed by atoms with Gasteiger partial charge in [0.1, 0.15) is 0 Å². The molecule has 2 heterocycles. The first-order chi connectivity index (χ1) is 8.57. The molecule has 0 spiro atoms. The molecule has 1 aromatic rings. The molecule has 0 aromatic carbocycles. The third kappa shape index (κ3) is 2.17. The Bertz CT molecular complexity index is 522. The molecule has 5 nitrogen and oxygen atoms in total. The first kappa shape index (κ1) is 12.4. The van der Waals surface area contributed by atoms with Gasteiger partial charge >= 0.3 is 5.97 Å². The first-order valence-electron chi connectivity index (χ1n) is 5.53. The maximum atomic E-state index is 11.4. The highest BCUT2D eigenvalue weighted by Crippen LogP contribution is 2.27. The maximum absolute atomic E-state index is 11.4. The van der Waals surface area contributed by atoms with Gasteiger partial charge in [-0.25, -0.2) is 4.79 Å². The van der Waals surface area contributed by atoms with Gasteiger partial charge in [0.2, 0.25) is 0 Å². The number of ether oxygens (including phenoxy) is 1. The van der Waals surface area contributed by atoms with Crippen molar-refractivity contribution in [2.75, 3.05) is 7.11 Å². The van der Waals surface area contributed by atoms with Crippen molar-refractivity contribution in [1.82, 2.24) is 4.98 Å². The Morgan fingerprint density at radius 1 is 1.56 bits per heavy atom. The Labute approximate surface area is 105 Å². The number of nitrogens with zero attached hydrogens (tertiary/aromatic N) is 2. The number of carboxylic acid groups (broad SMARTS) is 1. The Morgan fingerprint density at radius 2 is 2.33 bits per heavy atom. The number of rotatable bonds is 3. The number of hydrogen-bond acceptors (Lipinski definition) is 4. The van der Waals surface area contributed by atoms with Crippen molar-refractivity contribution in [1.29, 1.82) is 0 Å². The molecule has 1 aliphatic rings. The van der Waals surface area contributed by atoms with Crippen molar-refractivity contribution in [3.8, 4) is 0 Å². The summed E-state index contributed by atoms with van der Waals surface area (Å²) >= 11 is 0. The zero-order chi connectivity index (χ0) is 13.2. The molecule has 0 radical (unpaired) electrons. The average Bonchev–Trinajstić information content (AvgIpc) is 2.38. The molecule has 0 fully saturated rings. The molecule has 0 amide bonds. The Hall–Kier alpha value is -2.01. The number of carbonyl (C=O) groups is 1. The van der Waals surface area contributed by atoms with E-state index in [-0.39, 0.29) is 6.42 Å². The molecule has 94 valence electrons. The van der Waals surface area contributed by atoms with E-state index < -0.39 is 11.6 Å². The third-order valence-corrected chi connectivity index (χ3v) is 2.90. The summed E-state index contributed by atoms with van der Waals surface area (Å²) in [5.41, 5.74) is 0.779. The molecule has 5 heteroatoms. The number of methoxy groups -OCH3 is 1. The van der Waals surface area contributed by atoms with Gasteiger partial charge < -0.3 is 9.84 Å². The van der Waals surface area contributed by atoms with E-state index >= 15 is 0 Å². The molecule has 18 heavy (non-hydrogen) atoms. The molecule has 0 saturated heterocycles. The van der Waals surface area contributed by atoms with Gasteiger partial charge in [-0.3, -0.25) is 9.98 Å². The van der Waals surface area contributed by atoms with Crippen molar-refractivity contribution in [2.45, 2.75) is 18.9 Å². The van der Waals surface area contributed by atoms with Crippen LogP contribution in [0.15, 0.2) is 41.3 Å². The normalized spacial score (nSPS) is 23.2. The summed E-state index contributed by atoms with van der Waals surface area (Å²) in [6.07, 6.45) is 5.06. The lowest BCUT2D eigenvalue weighted by Gasteiger charge is -2.28. The Balaban J connectivity index is 2.42. The zero-order valence-electron chi connectivity index (χ0n) is 10.3. The van der Waals surface area contributed by atoms with Crippen LogP contribution in [0.25, 0.3) is 0 Å². The smallest absolute Gasteiger partial charge is 0.340 e. The molecule has 0 bridgehead atoms. The number of allylic oxidation sites excluding steroid dienone is 1. The van der Waals surface area contributed by atoms with Crippen LogP contribution in [0.1, 0.15) is 18.9 Å². The van der Waals surface area contributed by atoms with Gasteiger partial charge in [-0.05, 0) is 19.1 Å². The molecule has 1 atom stereocenters. The van der Waals surface area contributed by atoms with Crippen LogP contribution in [0.5, 0.6) is 0 Å². The lowest BCUT2D eigenvalue weighted by Crippen LogP contribution is -2.42. The molecular formula is C13H14N2O3. The van der Waals surface area contributed by atoms with E-state index in [4.69, 9.17) is 4.74 Å². The second-order valence-corrected chi connectivity index (χ2v) is 4.16. The predicted octanol–water partition coefficient (Wildman–Crippen LogP) is 1.65. The summed E-state index contributed by atoms with van der Waals surface area (Å²) in [5.74, 6) is -1.01. The minimum Gasteiger partial charge on any atom is -0.479 e. The number of pyridine rings is 1. The van der Waals surface area contributed by atoms with Crippen LogP contribution >= 0.6 is 0 Å². The maximum Gasteiger partial charge on any atom is 0.340 e. The minimum absolute atomic E-state index is 0.196. The van der Waals surface area contributed by atoms with Crippen LogP contribution in [0.4, 0.5) is 0 Å². The predicted molar refractivity (Wildman–Crippen MR) is 66.5 cm³/mol. The highest BCUT2D eigenvalue weighted by atomic mass is 16.5.